The van der Waals surface area contributed by atoms with Crippen molar-refractivity contribution < 1.29 is 22.7 Å². The lowest BCUT2D eigenvalue weighted by atomic mass is 9.94. The van der Waals surface area contributed by atoms with E-state index < -0.39 is 28.5 Å². The van der Waals surface area contributed by atoms with E-state index in [0.29, 0.717) is 11.4 Å². The normalized spacial score (nSPS) is 14.1. The number of rotatable bonds is 13. The molecule has 0 aromatic heterocycles. The van der Waals surface area contributed by atoms with Crippen LogP contribution in [0, 0.1) is 13.8 Å². The van der Waals surface area contributed by atoms with Crippen molar-refractivity contribution in [2.45, 2.75) is 75.9 Å². The zero-order chi connectivity index (χ0) is 34.1. The minimum absolute atomic E-state index is 0.0313. The Bertz CT molecular complexity index is 1790. The van der Waals surface area contributed by atoms with Crippen LogP contribution in [0.4, 0.5) is 5.69 Å². The molecule has 48 heavy (non-hydrogen) atoms. The maximum atomic E-state index is 14.8. The summed E-state index contributed by atoms with van der Waals surface area (Å²) in [6.45, 7) is 3.45. The molecule has 1 aliphatic carbocycles. The van der Waals surface area contributed by atoms with Crippen molar-refractivity contribution in [3.05, 3.63) is 125 Å². The standard InChI is InChI=1S/C39H45N3O5S/c1-29-22-23-34(24-30(29)2)42(48(45,46)36-20-11-6-12-21-36)28-38(43)41(27-32-16-13-19-35(25-32)47-3)37(26-31-14-7-4-8-15-31)39(44)40-33-17-9-5-10-18-33/h4,6-8,11-16,19-25,33,37H,5,9-10,17-18,26-28H2,1-3H3,(H,40,44). The van der Waals surface area contributed by atoms with E-state index in [9.17, 15) is 18.0 Å². The zero-order valence-corrected chi connectivity index (χ0v) is 28.8. The molecule has 0 heterocycles. The van der Waals surface area contributed by atoms with Crippen LogP contribution in [-0.4, -0.2) is 50.9 Å². The molecule has 1 saturated carbocycles. The van der Waals surface area contributed by atoms with Gasteiger partial charge in [0.05, 0.1) is 17.7 Å². The van der Waals surface area contributed by atoms with Gasteiger partial charge in [0.15, 0.2) is 0 Å². The summed E-state index contributed by atoms with van der Waals surface area (Å²) in [5.74, 6) is -0.115. The van der Waals surface area contributed by atoms with Gasteiger partial charge in [0, 0.05) is 19.0 Å². The second-order valence-electron chi connectivity index (χ2n) is 12.5. The van der Waals surface area contributed by atoms with Crippen LogP contribution in [0.1, 0.15) is 54.4 Å². The van der Waals surface area contributed by atoms with E-state index in [1.54, 1.807) is 37.4 Å². The van der Waals surface area contributed by atoms with Crippen LogP contribution in [0.15, 0.2) is 108 Å². The van der Waals surface area contributed by atoms with Crippen LogP contribution in [0.3, 0.4) is 0 Å². The van der Waals surface area contributed by atoms with Gasteiger partial charge < -0.3 is 15.0 Å². The summed E-state index contributed by atoms with van der Waals surface area (Å²) in [4.78, 5) is 30.6. The third kappa shape index (κ3) is 8.63. The lowest BCUT2D eigenvalue weighted by Crippen LogP contribution is -2.55. The Morgan fingerprint density at radius 2 is 1.48 bits per heavy atom. The van der Waals surface area contributed by atoms with E-state index in [4.69, 9.17) is 4.74 Å². The van der Waals surface area contributed by atoms with Gasteiger partial charge in [0.1, 0.15) is 18.3 Å². The Kier molecular flexibility index (Phi) is 11.5. The van der Waals surface area contributed by atoms with E-state index >= 15 is 0 Å². The number of carbonyl (C=O) groups excluding carboxylic acids is 2. The zero-order valence-electron chi connectivity index (χ0n) is 28.0. The molecule has 2 amide bonds. The first-order chi connectivity index (χ1) is 23.2. The summed E-state index contributed by atoms with van der Waals surface area (Å²) in [6.07, 6.45) is 5.29. The molecule has 0 saturated heterocycles. The number of hydrogen-bond donors (Lipinski definition) is 1. The van der Waals surface area contributed by atoms with Crippen molar-refractivity contribution in [3.8, 4) is 5.75 Å². The number of carbonyl (C=O) groups is 2. The molecule has 1 N–H and O–H groups in total. The lowest BCUT2D eigenvalue weighted by molar-refractivity contribution is -0.140. The molecule has 1 fully saturated rings. The largest absolute Gasteiger partial charge is 0.497 e. The van der Waals surface area contributed by atoms with Gasteiger partial charge in [0.2, 0.25) is 11.8 Å². The number of aryl methyl sites for hydroxylation is 2. The topological polar surface area (TPSA) is 96.0 Å². The highest BCUT2D eigenvalue weighted by Gasteiger charge is 2.35. The number of hydrogen-bond acceptors (Lipinski definition) is 5. The van der Waals surface area contributed by atoms with Crippen molar-refractivity contribution in [2.75, 3.05) is 18.0 Å². The number of anilines is 1. The quantitative estimate of drug-likeness (QED) is 0.174. The minimum Gasteiger partial charge on any atom is -0.497 e. The van der Waals surface area contributed by atoms with Crippen LogP contribution in [0.2, 0.25) is 0 Å². The first-order valence-electron chi connectivity index (χ1n) is 16.6. The van der Waals surface area contributed by atoms with E-state index in [1.807, 2.05) is 74.5 Å². The number of sulfonamides is 1. The smallest absolute Gasteiger partial charge is 0.264 e. The lowest BCUT2D eigenvalue weighted by Gasteiger charge is -2.35. The van der Waals surface area contributed by atoms with Crippen LogP contribution < -0.4 is 14.4 Å². The molecule has 252 valence electrons. The first-order valence-corrected chi connectivity index (χ1v) is 18.0. The highest BCUT2D eigenvalue weighted by molar-refractivity contribution is 7.92. The molecule has 0 radical (unpaired) electrons. The molecule has 8 nitrogen and oxygen atoms in total. The third-order valence-corrected chi connectivity index (χ3v) is 10.9. The number of ether oxygens (including phenoxy) is 1. The molecule has 5 rings (SSSR count). The maximum Gasteiger partial charge on any atom is 0.264 e. The molecular formula is C39H45N3O5S. The summed E-state index contributed by atoms with van der Waals surface area (Å²) in [5.41, 5.74) is 3.93. The van der Waals surface area contributed by atoms with Crippen LogP contribution in [-0.2, 0) is 32.6 Å². The van der Waals surface area contributed by atoms with E-state index in [2.05, 4.69) is 5.32 Å². The van der Waals surface area contributed by atoms with Crippen LogP contribution in [0.25, 0.3) is 0 Å². The highest BCUT2D eigenvalue weighted by atomic mass is 32.2. The Morgan fingerprint density at radius 3 is 2.15 bits per heavy atom. The van der Waals surface area contributed by atoms with Crippen LogP contribution >= 0.6 is 0 Å². The van der Waals surface area contributed by atoms with Gasteiger partial charge in [-0.25, -0.2) is 8.42 Å². The Labute approximate surface area is 284 Å². The SMILES string of the molecule is COc1cccc(CN(C(=O)CN(c2ccc(C)c(C)c2)S(=O)(=O)c2ccccc2)C(Cc2ccccc2)C(=O)NC2CCCCC2)c1. The van der Waals surface area contributed by atoms with Gasteiger partial charge in [-0.2, -0.15) is 0 Å². The fourth-order valence-corrected chi connectivity index (χ4v) is 7.62. The van der Waals surface area contributed by atoms with E-state index in [-0.39, 0.29) is 29.8 Å². The summed E-state index contributed by atoms with van der Waals surface area (Å²) in [6, 6.07) is 29.6. The third-order valence-electron chi connectivity index (χ3n) is 9.10. The Balaban J connectivity index is 1.58. The molecule has 4 aromatic rings. The van der Waals surface area contributed by atoms with Crippen molar-refractivity contribution in [1.82, 2.24) is 10.2 Å². The van der Waals surface area contributed by atoms with Crippen molar-refractivity contribution in [2.24, 2.45) is 0 Å². The average molecular weight is 668 g/mol. The predicted molar refractivity (Wildman–Crippen MR) is 189 cm³/mol. The number of nitrogens with zero attached hydrogens (tertiary/aromatic N) is 2. The van der Waals surface area contributed by atoms with Crippen molar-refractivity contribution in [3.63, 3.8) is 0 Å². The molecule has 1 aliphatic rings. The summed E-state index contributed by atoms with van der Waals surface area (Å²) in [7, 11) is -2.58. The second kappa shape index (κ2) is 16.0. The number of nitrogens with one attached hydrogen (secondary N) is 1. The predicted octanol–water partition coefficient (Wildman–Crippen LogP) is 6.60. The summed E-state index contributed by atoms with van der Waals surface area (Å²) >= 11 is 0. The molecular weight excluding hydrogens is 623 g/mol. The van der Waals surface area contributed by atoms with Crippen LogP contribution in [0.5, 0.6) is 5.75 Å². The fraction of sp³-hybridized carbons (Fsp3) is 0.333. The van der Waals surface area contributed by atoms with Gasteiger partial charge >= 0.3 is 0 Å². The molecule has 0 bridgehead atoms. The summed E-state index contributed by atoms with van der Waals surface area (Å²) < 4.78 is 35.1. The first kappa shape index (κ1) is 34.7. The van der Waals surface area contributed by atoms with E-state index in [0.717, 1.165) is 58.7 Å². The van der Waals surface area contributed by atoms with Gasteiger partial charge in [-0.05, 0) is 85.3 Å². The molecule has 0 spiro atoms. The number of amides is 2. The monoisotopic (exact) mass is 667 g/mol. The molecule has 1 unspecified atom stereocenters. The maximum absolute atomic E-state index is 14.8. The van der Waals surface area contributed by atoms with Gasteiger partial charge in [-0.1, -0.05) is 86.0 Å². The van der Waals surface area contributed by atoms with Gasteiger partial charge in [-0.15, -0.1) is 0 Å². The molecule has 4 aromatic carbocycles. The fourth-order valence-electron chi connectivity index (χ4n) is 6.19. The Hall–Kier alpha value is -4.63. The highest BCUT2D eigenvalue weighted by Crippen LogP contribution is 2.27. The second-order valence-corrected chi connectivity index (χ2v) is 14.4. The average Bonchev–Trinajstić information content (AvgIpc) is 3.11. The molecule has 9 heteroatoms. The minimum atomic E-state index is -4.16. The molecule has 0 aliphatic heterocycles. The van der Waals surface area contributed by atoms with E-state index in [1.165, 1.54) is 17.0 Å². The number of methoxy groups -OCH3 is 1. The van der Waals surface area contributed by atoms with Crippen molar-refractivity contribution in [1.29, 1.82) is 0 Å². The Morgan fingerprint density at radius 1 is 0.812 bits per heavy atom. The van der Waals surface area contributed by atoms with Gasteiger partial charge in [-0.3, -0.25) is 13.9 Å². The number of benzene rings is 4. The van der Waals surface area contributed by atoms with Crippen molar-refractivity contribution >= 4 is 27.5 Å². The molecule has 1 atom stereocenters. The summed E-state index contributed by atoms with van der Waals surface area (Å²) in [5, 5.41) is 3.25. The van der Waals surface area contributed by atoms with Gasteiger partial charge in [0.25, 0.3) is 10.0 Å².